The largest absolute Gasteiger partial charge is 0.458 e. The van der Waals surface area contributed by atoms with Crippen LogP contribution in [0.15, 0.2) is 30.3 Å². The summed E-state index contributed by atoms with van der Waals surface area (Å²) in [5.74, 6) is -0.481. The van der Waals surface area contributed by atoms with Crippen molar-refractivity contribution < 1.29 is 14.3 Å². The molecule has 0 bridgehead atoms. The zero-order valence-electron chi connectivity index (χ0n) is 13.9. The highest BCUT2D eigenvalue weighted by Crippen LogP contribution is 2.25. The van der Waals surface area contributed by atoms with E-state index in [2.05, 4.69) is 0 Å². The molecule has 0 heterocycles. The first-order valence-corrected chi connectivity index (χ1v) is 7.16. The van der Waals surface area contributed by atoms with E-state index in [0.717, 1.165) is 0 Å². The van der Waals surface area contributed by atoms with Crippen molar-refractivity contribution in [2.75, 3.05) is 6.61 Å². The van der Waals surface area contributed by atoms with Gasteiger partial charge >= 0.3 is 5.97 Å². The van der Waals surface area contributed by atoms with E-state index in [1.165, 1.54) is 0 Å². The van der Waals surface area contributed by atoms with Crippen LogP contribution in [0.5, 0.6) is 0 Å². The monoisotopic (exact) mass is 293 g/mol. The molecule has 0 saturated heterocycles. The van der Waals surface area contributed by atoms with Crippen molar-refractivity contribution in [3.05, 3.63) is 35.9 Å². The van der Waals surface area contributed by atoms with Gasteiger partial charge in [-0.3, -0.25) is 0 Å². The molecule has 0 amide bonds. The van der Waals surface area contributed by atoms with Crippen LogP contribution in [0.2, 0.25) is 0 Å². The Labute approximate surface area is 127 Å². The van der Waals surface area contributed by atoms with E-state index in [4.69, 9.17) is 15.2 Å². The van der Waals surface area contributed by atoms with Gasteiger partial charge in [0, 0.05) is 0 Å². The van der Waals surface area contributed by atoms with E-state index in [9.17, 15) is 4.79 Å². The van der Waals surface area contributed by atoms with Gasteiger partial charge in [0.05, 0.1) is 12.2 Å². The minimum atomic E-state index is -1.32. The van der Waals surface area contributed by atoms with E-state index in [-0.39, 0.29) is 12.2 Å². The van der Waals surface area contributed by atoms with E-state index >= 15 is 0 Å². The van der Waals surface area contributed by atoms with Crippen LogP contribution in [0.3, 0.4) is 0 Å². The molecule has 1 aromatic rings. The molecule has 0 aliphatic carbocycles. The van der Waals surface area contributed by atoms with Gasteiger partial charge < -0.3 is 15.2 Å². The van der Waals surface area contributed by atoms with Crippen LogP contribution in [-0.2, 0) is 19.8 Å². The van der Waals surface area contributed by atoms with Gasteiger partial charge in [-0.25, -0.2) is 4.79 Å². The minimum absolute atomic E-state index is 0.0649. The third-order valence-electron chi connectivity index (χ3n) is 2.78. The number of rotatable bonds is 4. The number of carbonyl (C=O) groups excluding carboxylic acids is 1. The normalized spacial score (nSPS) is 15.4. The van der Waals surface area contributed by atoms with E-state index in [0.29, 0.717) is 5.56 Å². The van der Waals surface area contributed by atoms with Gasteiger partial charge in [0.2, 0.25) is 0 Å². The number of ether oxygens (including phenoxy) is 2. The lowest BCUT2D eigenvalue weighted by Gasteiger charge is -2.33. The molecule has 1 atom stereocenters. The zero-order chi connectivity index (χ0) is 16.3. The molecule has 1 aromatic carbocycles. The van der Waals surface area contributed by atoms with Crippen LogP contribution < -0.4 is 5.73 Å². The van der Waals surface area contributed by atoms with Gasteiger partial charge in [0.1, 0.15) is 5.60 Å². The van der Waals surface area contributed by atoms with Crippen molar-refractivity contribution in [2.45, 2.75) is 58.3 Å². The summed E-state index contributed by atoms with van der Waals surface area (Å²) in [4.78, 5) is 12.6. The Balaban J connectivity index is 3.08. The number of carbonyl (C=O) groups is 1. The number of esters is 1. The average Bonchev–Trinajstić information content (AvgIpc) is 2.34. The molecule has 1 rings (SSSR count). The molecule has 0 aliphatic rings. The molecule has 0 fully saturated rings. The van der Waals surface area contributed by atoms with Crippen LogP contribution in [0, 0.1) is 0 Å². The predicted molar refractivity (Wildman–Crippen MR) is 83.9 cm³/mol. The lowest BCUT2D eigenvalue weighted by atomic mass is 9.91. The molecule has 2 N–H and O–H groups in total. The molecule has 0 unspecified atom stereocenters. The number of hydrogen-bond donors (Lipinski definition) is 1. The van der Waals surface area contributed by atoms with Crippen LogP contribution in [0.25, 0.3) is 0 Å². The molecular weight excluding hydrogens is 266 g/mol. The molecule has 118 valence electrons. The number of hydrogen-bond acceptors (Lipinski definition) is 4. The molecule has 0 spiro atoms. The summed E-state index contributed by atoms with van der Waals surface area (Å²) in [5.41, 5.74) is 4.76. The smallest absolute Gasteiger partial charge is 0.333 e. The maximum absolute atomic E-state index is 12.6. The number of benzene rings is 1. The van der Waals surface area contributed by atoms with Gasteiger partial charge in [0.15, 0.2) is 5.54 Å². The highest BCUT2D eigenvalue weighted by molar-refractivity contribution is 5.83. The summed E-state index contributed by atoms with van der Waals surface area (Å²) in [6.07, 6.45) is 0. The Bertz CT molecular complexity index is 471. The zero-order valence-corrected chi connectivity index (χ0v) is 13.9. The summed E-state index contributed by atoms with van der Waals surface area (Å²) in [7, 11) is 0. The molecule has 0 aliphatic heterocycles. The van der Waals surface area contributed by atoms with Crippen molar-refractivity contribution in [2.24, 2.45) is 5.73 Å². The Hall–Kier alpha value is -1.39. The Morgan fingerprint density at radius 1 is 1.00 bits per heavy atom. The third-order valence-corrected chi connectivity index (χ3v) is 2.78. The molecule has 0 saturated carbocycles. The van der Waals surface area contributed by atoms with Crippen LogP contribution in [0.1, 0.15) is 47.1 Å². The van der Waals surface area contributed by atoms with Gasteiger partial charge in [-0.05, 0) is 47.1 Å². The lowest BCUT2D eigenvalue weighted by Crippen LogP contribution is -2.52. The fourth-order valence-electron chi connectivity index (χ4n) is 1.70. The van der Waals surface area contributed by atoms with Crippen LogP contribution in [-0.4, -0.2) is 23.8 Å². The van der Waals surface area contributed by atoms with Crippen molar-refractivity contribution in [3.8, 4) is 0 Å². The summed E-state index contributed by atoms with van der Waals surface area (Å²) in [6, 6.07) is 9.20. The second-order valence-electron chi connectivity index (χ2n) is 7.24. The first-order chi connectivity index (χ1) is 9.44. The molecule has 0 radical (unpaired) electrons. The highest BCUT2D eigenvalue weighted by Gasteiger charge is 2.41. The number of nitrogens with two attached hydrogens (primary N) is 1. The molecular formula is C17H27NO3. The summed E-state index contributed by atoms with van der Waals surface area (Å²) < 4.78 is 11.2. The molecule has 4 heteroatoms. The quantitative estimate of drug-likeness (QED) is 0.867. The summed E-state index contributed by atoms with van der Waals surface area (Å²) in [5, 5.41) is 0. The minimum Gasteiger partial charge on any atom is -0.458 e. The van der Waals surface area contributed by atoms with Crippen molar-refractivity contribution in [1.82, 2.24) is 0 Å². The van der Waals surface area contributed by atoms with Crippen LogP contribution in [0.4, 0.5) is 0 Å². The van der Waals surface area contributed by atoms with E-state index in [1.807, 2.05) is 71.9 Å². The topological polar surface area (TPSA) is 61.5 Å². The maximum Gasteiger partial charge on any atom is 0.333 e. The standard InChI is InChI=1S/C17H27NO3/c1-15(2,3)20-12-17(18,13-10-8-7-9-11-13)14(19)21-16(4,5)6/h7-11H,12,18H2,1-6H3/t17-/m0/s1. The third kappa shape index (κ3) is 5.48. The maximum atomic E-state index is 12.6. The first kappa shape index (κ1) is 17.7. The predicted octanol–water partition coefficient (Wildman–Crippen LogP) is 3.00. The molecule has 21 heavy (non-hydrogen) atoms. The fourth-order valence-corrected chi connectivity index (χ4v) is 1.70. The van der Waals surface area contributed by atoms with Gasteiger partial charge in [-0.2, -0.15) is 0 Å². The summed E-state index contributed by atoms with van der Waals surface area (Å²) >= 11 is 0. The lowest BCUT2D eigenvalue weighted by molar-refractivity contribution is -0.167. The van der Waals surface area contributed by atoms with E-state index < -0.39 is 17.1 Å². The van der Waals surface area contributed by atoms with Gasteiger partial charge in [-0.1, -0.05) is 30.3 Å². The Morgan fingerprint density at radius 3 is 1.95 bits per heavy atom. The molecule has 4 nitrogen and oxygen atoms in total. The van der Waals surface area contributed by atoms with Gasteiger partial charge in [0.25, 0.3) is 0 Å². The Kier molecular flexibility index (Phi) is 5.18. The average molecular weight is 293 g/mol. The van der Waals surface area contributed by atoms with E-state index in [1.54, 1.807) is 0 Å². The SMILES string of the molecule is CC(C)(C)OC[C@@](N)(C(=O)OC(C)(C)C)c1ccccc1. The fraction of sp³-hybridized carbons (Fsp3) is 0.588. The Morgan fingerprint density at radius 2 is 1.52 bits per heavy atom. The first-order valence-electron chi connectivity index (χ1n) is 7.16. The van der Waals surface area contributed by atoms with Crippen molar-refractivity contribution >= 4 is 5.97 Å². The molecule has 0 aromatic heterocycles. The van der Waals surface area contributed by atoms with Crippen LogP contribution >= 0.6 is 0 Å². The van der Waals surface area contributed by atoms with Gasteiger partial charge in [-0.15, -0.1) is 0 Å². The summed E-state index contributed by atoms with van der Waals surface area (Å²) in [6.45, 7) is 11.3. The highest BCUT2D eigenvalue weighted by atomic mass is 16.6. The second kappa shape index (κ2) is 6.16. The second-order valence-corrected chi connectivity index (χ2v) is 7.24. The van der Waals surface area contributed by atoms with Crippen molar-refractivity contribution in [1.29, 1.82) is 0 Å². The van der Waals surface area contributed by atoms with Crippen molar-refractivity contribution in [3.63, 3.8) is 0 Å².